The second-order valence-corrected chi connectivity index (χ2v) is 8.68. The number of nitrogens with one attached hydrogen (secondary N) is 1. The van der Waals surface area contributed by atoms with Crippen molar-refractivity contribution in [3.63, 3.8) is 0 Å². The van der Waals surface area contributed by atoms with Crippen LogP contribution in [0.5, 0.6) is 0 Å². The molecule has 0 atom stereocenters. The van der Waals surface area contributed by atoms with Crippen LogP contribution < -0.4 is 0 Å². The summed E-state index contributed by atoms with van der Waals surface area (Å²) in [7, 11) is 0. The minimum atomic E-state index is -0.277. The summed E-state index contributed by atoms with van der Waals surface area (Å²) < 4.78 is 13.4. The minimum Gasteiger partial charge on any atom is -0.330 e. The molecule has 5 nitrogen and oxygen atoms in total. The number of likely N-dealkylation sites (tertiary alicyclic amines) is 1. The number of benzene rings is 2. The fourth-order valence-electron chi connectivity index (χ4n) is 4.28. The van der Waals surface area contributed by atoms with Crippen LogP contribution in [0.2, 0.25) is 5.02 Å². The molecule has 1 amide bonds. The Morgan fingerprint density at radius 3 is 2.68 bits per heavy atom. The third kappa shape index (κ3) is 5.08. The number of aromatic nitrogens is 2. The second kappa shape index (κ2) is 9.79. The Bertz CT molecular complexity index is 1030. The number of nitrogens with zero attached hydrogens (tertiary/aromatic N) is 3. The van der Waals surface area contributed by atoms with E-state index in [2.05, 4.69) is 22.0 Å². The number of unbranched alkanes of at least 4 members (excludes halogenated alkanes) is 1. The molecule has 0 radical (unpaired) electrons. The van der Waals surface area contributed by atoms with E-state index in [-0.39, 0.29) is 17.8 Å². The number of rotatable bonds is 7. The van der Waals surface area contributed by atoms with Crippen molar-refractivity contribution in [3.8, 4) is 0 Å². The van der Waals surface area contributed by atoms with Crippen molar-refractivity contribution >= 4 is 28.4 Å². The first-order valence-corrected chi connectivity index (χ1v) is 11.3. The van der Waals surface area contributed by atoms with Crippen molar-refractivity contribution in [2.75, 3.05) is 19.6 Å². The molecule has 2 aromatic carbocycles. The Labute approximate surface area is 187 Å². The average molecular weight is 443 g/mol. The van der Waals surface area contributed by atoms with Gasteiger partial charge in [-0.15, -0.1) is 0 Å². The van der Waals surface area contributed by atoms with E-state index in [1.54, 1.807) is 24.3 Å². The second-order valence-electron chi connectivity index (χ2n) is 8.25. The Kier molecular flexibility index (Phi) is 6.88. The van der Waals surface area contributed by atoms with Gasteiger partial charge in [0.05, 0.1) is 5.52 Å². The zero-order chi connectivity index (χ0) is 21.8. The fourth-order valence-corrected chi connectivity index (χ4v) is 4.45. The summed E-state index contributed by atoms with van der Waals surface area (Å²) in [5.74, 6) is -0.383. The first-order chi connectivity index (χ1) is 15.0. The van der Waals surface area contributed by atoms with E-state index < -0.39 is 0 Å². The summed E-state index contributed by atoms with van der Waals surface area (Å²) in [6.07, 6.45) is 4.23. The molecule has 1 aromatic heterocycles. The van der Waals surface area contributed by atoms with Crippen LogP contribution in [0.4, 0.5) is 4.39 Å². The number of H-pyrrole nitrogens is 1. The molecule has 0 saturated carbocycles. The van der Waals surface area contributed by atoms with Crippen molar-refractivity contribution < 1.29 is 9.18 Å². The van der Waals surface area contributed by atoms with Gasteiger partial charge in [-0.25, -0.2) is 4.39 Å². The normalized spacial score (nSPS) is 15.5. The van der Waals surface area contributed by atoms with E-state index >= 15 is 0 Å². The van der Waals surface area contributed by atoms with Crippen molar-refractivity contribution in [2.24, 2.45) is 0 Å². The van der Waals surface area contributed by atoms with Crippen LogP contribution in [0.25, 0.3) is 10.9 Å². The Balaban J connectivity index is 1.58. The van der Waals surface area contributed by atoms with Gasteiger partial charge in [0.1, 0.15) is 5.82 Å². The number of aromatic amines is 1. The molecule has 0 aliphatic carbocycles. The summed E-state index contributed by atoms with van der Waals surface area (Å²) in [5.41, 5.74) is 2.06. The highest BCUT2D eigenvalue weighted by Crippen LogP contribution is 2.26. The van der Waals surface area contributed by atoms with E-state index in [0.29, 0.717) is 17.3 Å². The van der Waals surface area contributed by atoms with Crippen LogP contribution in [0.1, 0.15) is 48.7 Å². The van der Waals surface area contributed by atoms with E-state index in [1.165, 1.54) is 25.0 Å². The van der Waals surface area contributed by atoms with Crippen molar-refractivity contribution in [3.05, 3.63) is 64.6 Å². The van der Waals surface area contributed by atoms with Gasteiger partial charge in [-0.3, -0.25) is 9.89 Å². The lowest BCUT2D eigenvalue weighted by Gasteiger charge is -2.38. The van der Waals surface area contributed by atoms with Gasteiger partial charge in [0.2, 0.25) is 0 Å². The zero-order valence-electron chi connectivity index (χ0n) is 17.8. The van der Waals surface area contributed by atoms with E-state index in [4.69, 9.17) is 11.6 Å². The summed E-state index contributed by atoms with van der Waals surface area (Å²) >= 11 is 6.08. The minimum absolute atomic E-state index is 0.107. The van der Waals surface area contributed by atoms with Gasteiger partial charge >= 0.3 is 0 Å². The van der Waals surface area contributed by atoms with Crippen LogP contribution >= 0.6 is 11.6 Å². The first kappa shape index (κ1) is 21.8. The molecule has 3 aromatic rings. The monoisotopic (exact) mass is 442 g/mol. The SMILES string of the molecule is CCCCN1CCC(N(Cc2ccc(F)cc2)C(=O)c2n[nH]c3cc(Cl)ccc23)CC1. The molecule has 1 saturated heterocycles. The fraction of sp³-hybridized carbons (Fsp3) is 0.417. The smallest absolute Gasteiger partial charge is 0.275 e. The largest absolute Gasteiger partial charge is 0.330 e. The number of piperidine rings is 1. The van der Waals surface area contributed by atoms with Crippen LogP contribution in [-0.4, -0.2) is 51.6 Å². The molecule has 1 aliphatic heterocycles. The predicted octanol–water partition coefficient (Wildman–Crippen LogP) is 5.26. The van der Waals surface area contributed by atoms with Gasteiger partial charge in [-0.1, -0.05) is 37.1 Å². The van der Waals surface area contributed by atoms with E-state index in [0.717, 1.165) is 48.9 Å². The molecule has 4 rings (SSSR count). The van der Waals surface area contributed by atoms with E-state index in [1.807, 2.05) is 11.0 Å². The molecular formula is C24H28ClFN4O. The Morgan fingerprint density at radius 1 is 1.23 bits per heavy atom. The highest BCUT2D eigenvalue weighted by atomic mass is 35.5. The number of hydrogen-bond acceptors (Lipinski definition) is 3. The molecule has 164 valence electrons. The Hall–Kier alpha value is -2.44. The standard InChI is InChI=1S/C24H28ClFN4O/c1-2-3-12-29-13-10-20(11-14-29)30(16-17-4-7-19(26)8-5-17)24(31)23-21-9-6-18(25)15-22(21)27-28-23/h4-9,15,20H,2-3,10-14,16H2,1H3,(H,27,28). The molecule has 7 heteroatoms. The lowest BCUT2D eigenvalue weighted by atomic mass is 10.0. The summed E-state index contributed by atoms with van der Waals surface area (Å²) in [5, 5.41) is 8.61. The number of amides is 1. The molecule has 0 bridgehead atoms. The van der Waals surface area contributed by atoms with Crippen LogP contribution in [0.15, 0.2) is 42.5 Å². The number of fused-ring (bicyclic) bond motifs is 1. The molecule has 31 heavy (non-hydrogen) atoms. The number of hydrogen-bond donors (Lipinski definition) is 1. The van der Waals surface area contributed by atoms with Crippen LogP contribution in [0.3, 0.4) is 0 Å². The summed E-state index contributed by atoms with van der Waals surface area (Å²) in [4.78, 5) is 18.0. The topological polar surface area (TPSA) is 52.2 Å². The predicted molar refractivity (Wildman–Crippen MR) is 122 cm³/mol. The van der Waals surface area contributed by atoms with Gasteiger partial charge in [0.25, 0.3) is 5.91 Å². The molecule has 1 aliphatic rings. The quantitative estimate of drug-likeness (QED) is 0.542. The molecule has 0 unspecified atom stereocenters. The maximum Gasteiger partial charge on any atom is 0.275 e. The molecular weight excluding hydrogens is 415 g/mol. The van der Waals surface area contributed by atoms with Gasteiger partial charge in [0.15, 0.2) is 5.69 Å². The highest BCUT2D eigenvalue weighted by molar-refractivity contribution is 6.31. The molecule has 1 fully saturated rings. The van der Waals surface area contributed by atoms with Crippen molar-refractivity contribution in [1.82, 2.24) is 20.0 Å². The first-order valence-electron chi connectivity index (χ1n) is 11.0. The molecule has 2 heterocycles. The third-order valence-corrected chi connectivity index (χ3v) is 6.32. The van der Waals surface area contributed by atoms with E-state index in [9.17, 15) is 9.18 Å². The van der Waals surface area contributed by atoms with Crippen molar-refractivity contribution in [2.45, 2.75) is 45.2 Å². The maximum atomic E-state index is 13.7. The molecule has 0 spiro atoms. The number of carbonyl (C=O) groups excluding carboxylic acids is 1. The van der Waals surface area contributed by atoms with Gasteiger partial charge in [0, 0.05) is 36.1 Å². The summed E-state index contributed by atoms with van der Waals surface area (Å²) in [6, 6.07) is 11.9. The third-order valence-electron chi connectivity index (χ3n) is 6.08. The number of carbonyl (C=O) groups is 1. The zero-order valence-corrected chi connectivity index (χ0v) is 18.5. The van der Waals surface area contributed by atoms with Gasteiger partial charge in [-0.05, 0) is 61.7 Å². The van der Waals surface area contributed by atoms with Gasteiger partial charge < -0.3 is 9.80 Å². The van der Waals surface area contributed by atoms with Crippen LogP contribution in [0, 0.1) is 5.82 Å². The summed E-state index contributed by atoms with van der Waals surface area (Å²) in [6.45, 7) is 5.71. The number of halogens is 2. The lowest BCUT2D eigenvalue weighted by Crippen LogP contribution is -2.47. The maximum absolute atomic E-state index is 13.7. The van der Waals surface area contributed by atoms with Gasteiger partial charge in [-0.2, -0.15) is 5.10 Å². The lowest BCUT2D eigenvalue weighted by molar-refractivity contribution is 0.0545. The van der Waals surface area contributed by atoms with Crippen molar-refractivity contribution in [1.29, 1.82) is 0 Å². The highest BCUT2D eigenvalue weighted by Gasteiger charge is 2.30. The Morgan fingerprint density at radius 2 is 1.97 bits per heavy atom. The molecule has 1 N–H and O–H groups in total. The van der Waals surface area contributed by atoms with Crippen LogP contribution in [-0.2, 0) is 6.54 Å². The average Bonchev–Trinajstić information content (AvgIpc) is 3.20.